The first-order valence-electron chi connectivity index (χ1n) is 6.91. The summed E-state index contributed by atoms with van der Waals surface area (Å²) < 4.78 is 30.7. The summed E-state index contributed by atoms with van der Waals surface area (Å²) in [5.74, 6) is -0.145. The molecule has 0 saturated carbocycles. The lowest BCUT2D eigenvalue weighted by Gasteiger charge is -2.18. The number of nitrogens with two attached hydrogens (primary N) is 1. The average molecular weight is 379 g/mol. The summed E-state index contributed by atoms with van der Waals surface area (Å²) in [6.07, 6.45) is -5.04. The van der Waals surface area contributed by atoms with E-state index >= 15 is 0 Å². The number of H-pyrrole nitrogens is 1. The lowest BCUT2D eigenvalue weighted by molar-refractivity contribution is -0.327. The van der Waals surface area contributed by atoms with Crippen LogP contribution < -0.4 is 11.3 Å². The molecule has 1 saturated heterocycles. The van der Waals surface area contributed by atoms with Crippen LogP contribution in [0.2, 0.25) is 0 Å². The molecule has 3 heterocycles. The van der Waals surface area contributed by atoms with Crippen LogP contribution in [0.5, 0.6) is 0 Å². The molecule has 138 valence electrons. The minimum absolute atomic E-state index is 0.0113. The van der Waals surface area contributed by atoms with Crippen molar-refractivity contribution in [2.45, 2.75) is 24.8 Å². The van der Waals surface area contributed by atoms with Crippen molar-refractivity contribution < 1.29 is 33.4 Å². The van der Waals surface area contributed by atoms with E-state index in [9.17, 15) is 9.18 Å². The van der Waals surface area contributed by atoms with Crippen LogP contribution in [0, 0.1) is 0 Å². The maximum absolute atomic E-state index is 14.5. The number of aliphatic hydroxyl groups excluding tert-OH is 1. The number of aliphatic hydroxyl groups is 1. The van der Waals surface area contributed by atoms with Gasteiger partial charge >= 0.3 is 0 Å². The average Bonchev–Trinajstić information content (AvgIpc) is 3.13. The molecule has 0 bridgehead atoms. The quantitative estimate of drug-likeness (QED) is 0.281. The van der Waals surface area contributed by atoms with Crippen LogP contribution in [0.4, 0.5) is 10.3 Å². The largest absolute Gasteiger partial charge is 0.387 e. The van der Waals surface area contributed by atoms with E-state index in [1.165, 1.54) is 18.0 Å². The van der Waals surface area contributed by atoms with Crippen molar-refractivity contribution in [2.24, 2.45) is 0 Å². The van der Waals surface area contributed by atoms with E-state index in [1.54, 1.807) is 0 Å². The first-order chi connectivity index (χ1) is 12.0. The van der Waals surface area contributed by atoms with Gasteiger partial charge in [0.15, 0.2) is 23.6 Å². The molecule has 14 heteroatoms. The van der Waals surface area contributed by atoms with E-state index in [0.717, 1.165) is 0 Å². The number of nitrogen functional groups attached to an aromatic ring is 1. The van der Waals surface area contributed by atoms with Gasteiger partial charge in [-0.15, -0.1) is 0 Å². The minimum atomic E-state index is -2.28. The Balaban J connectivity index is 1.90. The number of alkyl halides is 1. The van der Waals surface area contributed by atoms with E-state index < -0.39 is 45.1 Å². The number of aromatic nitrogens is 4. The van der Waals surface area contributed by atoms with Gasteiger partial charge in [0.25, 0.3) is 5.56 Å². The van der Waals surface area contributed by atoms with Gasteiger partial charge in [-0.25, -0.2) is 9.37 Å². The third kappa shape index (κ3) is 3.35. The summed E-state index contributed by atoms with van der Waals surface area (Å²) in [5.41, 5.74) is 5.02. The van der Waals surface area contributed by atoms with Gasteiger partial charge in [0.1, 0.15) is 12.5 Å². The van der Waals surface area contributed by atoms with Crippen LogP contribution >= 0.6 is 8.38 Å². The van der Waals surface area contributed by atoms with E-state index in [4.69, 9.17) is 25.2 Å². The fourth-order valence-electron chi connectivity index (χ4n) is 2.39. The number of ether oxygens (including phenoxy) is 2. The second-order valence-corrected chi connectivity index (χ2v) is 6.12. The molecule has 25 heavy (non-hydrogen) atoms. The highest BCUT2D eigenvalue weighted by Gasteiger charge is 2.49. The zero-order valence-corrected chi connectivity index (χ0v) is 13.7. The van der Waals surface area contributed by atoms with E-state index in [-0.39, 0.29) is 17.1 Å². The van der Waals surface area contributed by atoms with Crippen molar-refractivity contribution in [3.63, 3.8) is 0 Å². The Labute approximate surface area is 140 Å². The number of nitrogens with one attached hydrogen (secondary N) is 1. The van der Waals surface area contributed by atoms with Crippen LogP contribution in [0.25, 0.3) is 11.2 Å². The summed E-state index contributed by atoms with van der Waals surface area (Å²) in [6.45, 7) is 0. The van der Waals surface area contributed by atoms with Crippen molar-refractivity contribution in [3.8, 4) is 0 Å². The predicted molar refractivity (Wildman–Crippen MR) is 80.6 cm³/mol. The third-order valence-corrected chi connectivity index (χ3v) is 3.97. The van der Waals surface area contributed by atoms with E-state index in [1.807, 2.05) is 0 Å². The fourth-order valence-corrected chi connectivity index (χ4v) is 2.62. The van der Waals surface area contributed by atoms with Gasteiger partial charge in [-0.3, -0.25) is 14.3 Å². The molecule has 0 radical (unpaired) electrons. The van der Waals surface area contributed by atoms with Gasteiger partial charge < -0.3 is 25.2 Å². The minimum Gasteiger partial charge on any atom is -0.387 e. The number of aromatic amines is 1. The molecule has 1 fully saturated rings. The summed E-state index contributed by atoms with van der Waals surface area (Å²) in [4.78, 5) is 35.8. The van der Waals surface area contributed by atoms with Gasteiger partial charge in [-0.1, -0.05) is 0 Å². The zero-order chi connectivity index (χ0) is 18.1. The lowest BCUT2D eigenvalue weighted by Crippen LogP contribution is -2.31. The molecular weight excluding hydrogens is 364 g/mol. The molecule has 1 aliphatic rings. The second-order valence-electron chi connectivity index (χ2n) is 4.98. The molecule has 2 unspecified atom stereocenters. The predicted octanol–water partition coefficient (Wildman–Crippen LogP) is -0.888. The summed E-state index contributed by atoms with van der Waals surface area (Å²) in [7, 11) is -1.01. The maximum atomic E-state index is 14.5. The van der Waals surface area contributed by atoms with Crippen LogP contribution in [0.3, 0.4) is 0 Å². The molecule has 1 aliphatic heterocycles. The second kappa shape index (κ2) is 7.25. The SMILES string of the molecule is CO[C@H]1C(F)[C@@H](OOP(O)CO)O[C@H]1n1cnc2c(=O)[nH]c(N)nc21. The van der Waals surface area contributed by atoms with Crippen molar-refractivity contribution in [1.82, 2.24) is 19.5 Å². The molecular formula is C11H15FN5O7P. The molecule has 2 aromatic rings. The number of hydrogen-bond acceptors (Lipinski definition) is 10. The first-order valence-corrected chi connectivity index (χ1v) is 8.31. The molecule has 5 N–H and O–H groups in total. The van der Waals surface area contributed by atoms with Crippen molar-refractivity contribution >= 4 is 25.5 Å². The highest BCUT2D eigenvalue weighted by molar-refractivity contribution is 7.45. The molecule has 2 aromatic heterocycles. The van der Waals surface area contributed by atoms with E-state index in [0.29, 0.717) is 0 Å². The lowest BCUT2D eigenvalue weighted by atomic mass is 10.2. The standard InChI is InChI=1S/C11H15FN5O7P/c1-21-6-4(12)10(23-24-25(20)3-18)22-9(6)17-2-14-5-7(17)15-11(13)16-8(5)19/h2,4,6,9-10,18,20H,3H2,1H3,(H3,13,15,16,19)/t4?,6-,9+,10+,25?/m0/s1. The highest BCUT2D eigenvalue weighted by Crippen LogP contribution is 2.38. The Hall–Kier alpha value is -1.73. The summed E-state index contributed by atoms with van der Waals surface area (Å²) in [6, 6.07) is 0. The topological polar surface area (TPSA) is 167 Å². The number of imidazole rings is 1. The monoisotopic (exact) mass is 379 g/mol. The number of methoxy groups -OCH3 is 1. The maximum Gasteiger partial charge on any atom is 0.280 e. The molecule has 0 aromatic carbocycles. The Morgan fingerprint density at radius 2 is 2.36 bits per heavy atom. The third-order valence-electron chi connectivity index (χ3n) is 3.47. The molecule has 0 amide bonds. The molecule has 0 spiro atoms. The van der Waals surface area contributed by atoms with Crippen LogP contribution in [-0.2, 0) is 19.0 Å². The number of hydrogen-bond donors (Lipinski definition) is 4. The van der Waals surface area contributed by atoms with Gasteiger partial charge in [0.2, 0.25) is 20.6 Å². The van der Waals surface area contributed by atoms with Gasteiger partial charge in [0, 0.05) is 7.11 Å². The Kier molecular flexibility index (Phi) is 5.24. The number of anilines is 1. The normalized spacial score (nSPS) is 27.8. The fraction of sp³-hybridized carbons (Fsp3) is 0.545. The van der Waals surface area contributed by atoms with Crippen LogP contribution in [0.15, 0.2) is 11.1 Å². The van der Waals surface area contributed by atoms with Crippen molar-refractivity contribution in [2.75, 3.05) is 19.2 Å². The summed E-state index contributed by atoms with van der Waals surface area (Å²) in [5, 5.41) is 8.69. The van der Waals surface area contributed by atoms with Crippen molar-refractivity contribution in [3.05, 3.63) is 16.7 Å². The number of halogens is 1. The van der Waals surface area contributed by atoms with Crippen molar-refractivity contribution in [1.29, 1.82) is 0 Å². The van der Waals surface area contributed by atoms with Crippen LogP contribution in [-0.4, -0.2) is 61.5 Å². The molecule has 12 nitrogen and oxygen atoms in total. The van der Waals surface area contributed by atoms with Gasteiger partial charge in [0.05, 0.1) is 6.33 Å². The van der Waals surface area contributed by atoms with Crippen LogP contribution in [0.1, 0.15) is 6.23 Å². The van der Waals surface area contributed by atoms with Gasteiger partial charge in [-0.05, 0) is 0 Å². The number of nitrogens with zero attached hydrogens (tertiary/aromatic N) is 3. The number of rotatable bonds is 6. The zero-order valence-electron chi connectivity index (χ0n) is 12.8. The molecule has 3 rings (SSSR count). The first kappa shape index (κ1) is 18.1. The highest BCUT2D eigenvalue weighted by atomic mass is 31.2. The Bertz CT molecular complexity index is 803. The number of fused-ring (bicyclic) bond motifs is 1. The van der Waals surface area contributed by atoms with Gasteiger partial charge in [-0.2, -0.15) is 14.5 Å². The summed E-state index contributed by atoms with van der Waals surface area (Å²) >= 11 is 0. The smallest absolute Gasteiger partial charge is 0.280 e. The molecule has 5 atom stereocenters. The Morgan fingerprint density at radius 1 is 1.60 bits per heavy atom. The molecule has 0 aliphatic carbocycles. The Morgan fingerprint density at radius 3 is 3.04 bits per heavy atom. The van der Waals surface area contributed by atoms with E-state index in [2.05, 4.69) is 24.5 Å².